The second kappa shape index (κ2) is 15.9. The SMILES string of the molecule is CNC(=O)C(Cc1ccccc1)N(Cc1ccccc1Cl)C(=O)CN(c1cc(Cl)ccc1OC)S(=O)(=O)c1ccc(OC)c(OC)c1. The van der Waals surface area contributed by atoms with Crippen LogP contribution in [0.25, 0.3) is 0 Å². The van der Waals surface area contributed by atoms with Gasteiger partial charge in [-0.05, 0) is 47.5 Å². The van der Waals surface area contributed by atoms with E-state index in [2.05, 4.69) is 5.32 Å². The molecule has 248 valence electrons. The quantitative estimate of drug-likeness (QED) is 0.182. The molecule has 1 unspecified atom stereocenters. The third-order valence-corrected chi connectivity index (χ3v) is 9.81. The highest BCUT2D eigenvalue weighted by Crippen LogP contribution is 2.37. The first-order valence-electron chi connectivity index (χ1n) is 14.4. The molecule has 0 aliphatic heterocycles. The normalized spacial score (nSPS) is 11.7. The first-order chi connectivity index (χ1) is 22.5. The number of halogens is 2. The predicted molar refractivity (Wildman–Crippen MR) is 182 cm³/mol. The van der Waals surface area contributed by atoms with Crippen molar-refractivity contribution >= 4 is 50.7 Å². The van der Waals surface area contributed by atoms with Crippen LogP contribution >= 0.6 is 23.2 Å². The number of methoxy groups -OCH3 is 3. The van der Waals surface area contributed by atoms with Gasteiger partial charge in [0.1, 0.15) is 18.3 Å². The molecule has 4 rings (SSSR count). The Morgan fingerprint density at radius 2 is 1.45 bits per heavy atom. The van der Waals surface area contributed by atoms with Crippen LogP contribution in [0.3, 0.4) is 0 Å². The predicted octanol–water partition coefficient (Wildman–Crippen LogP) is 5.60. The van der Waals surface area contributed by atoms with E-state index in [1.807, 2.05) is 30.3 Å². The van der Waals surface area contributed by atoms with Crippen LogP contribution in [0.5, 0.6) is 17.2 Å². The molecule has 13 heteroatoms. The van der Waals surface area contributed by atoms with Crippen LogP contribution in [0.2, 0.25) is 10.0 Å². The zero-order valence-corrected chi connectivity index (χ0v) is 28.6. The lowest BCUT2D eigenvalue weighted by Gasteiger charge is -2.34. The summed E-state index contributed by atoms with van der Waals surface area (Å²) in [6.45, 7) is -0.805. The van der Waals surface area contributed by atoms with E-state index in [9.17, 15) is 18.0 Å². The Morgan fingerprint density at radius 3 is 2.09 bits per heavy atom. The summed E-state index contributed by atoms with van der Waals surface area (Å²) in [4.78, 5) is 29.2. The number of amides is 2. The fraction of sp³-hybridized carbons (Fsp3) is 0.235. The van der Waals surface area contributed by atoms with E-state index in [1.165, 1.54) is 69.7 Å². The van der Waals surface area contributed by atoms with E-state index in [1.54, 1.807) is 24.3 Å². The molecule has 0 aliphatic carbocycles. The number of nitrogens with one attached hydrogen (secondary N) is 1. The Bertz CT molecular complexity index is 1820. The number of carbonyl (C=O) groups excluding carboxylic acids is 2. The number of carbonyl (C=O) groups is 2. The molecule has 1 N–H and O–H groups in total. The molecule has 4 aromatic rings. The van der Waals surface area contributed by atoms with Crippen LogP contribution in [0.1, 0.15) is 11.1 Å². The van der Waals surface area contributed by atoms with Crippen molar-refractivity contribution in [1.29, 1.82) is 0 Å². The maximum absolute atomic E-state index is 14.6. The van der Waals surface area contributed by atoms with Gasteiger partial charge < -0.3 is 24.4 Å². The average Bonchev–Trinajstić information content (AvgIpc) is 3.08. The highest BCUT2D eigenvalue weighted by molar-refractivity contribution is 7.92. The summed E-state index contributed by atoms with van der Waals surface area (Å²) in [5.41, 5.74) is 1.38. The average molecular weight is 701 g/mol. The van der Waals surface area contributed by atoms with Crippen molar-refractivity contribution in [3.63, 3.8) is 0 Å². The maximum atomic E-state index is 14.6. The Morgan fingerprint density at radius 1 is 0.809 bits per heavy atom. The number of ether oxygens (including phenoxy) is 3. The van der Waals surface area contributed by atoms with Gasteiger partial charge >= 0.3 is 0 Å². The van der Waals surface area contributed by atoms with Crippen LogP contribution in [0.4, 0.5) is 5.69 Å². The van der Waals surface area contributed by atoms with Gasteiger partial charge in [0.05, 0.1) is 31.9 Å². The van der Waals surface area contributed by atoms with Gasteiger partial charge in [-0.2, -0.15) is 0 Å². The number of nitrogens with zero attached hydrogens (tertiary/aromatic N) is 2. The van der Waals surface area contributed by atoms with Gasteiger partial charge in [-0.15, -0.1) is 0 Å². The molecule has 0 spiro atoms. The third-order valence-electron chi connectivity index (χ3n) is 7.45. The van der Waals surface area contributed by atoms with E-state index >= 15 is 0 Å². The smallest absolute Gasteiger partial charge is 0.265 e. The van der Waals surface area contributed by atoms with Crippen molar-refractivity contribution in [3.8, 4) is 17.2 Å². The molecule has 0 saturated carbocycles. The Balaban J connectivity index is 1.87. The van der Waals surface area contributed by atoms with Gasteiger partial charge in [0, 0.05) is 36.1 Å². The summed E-state index contributed by atoms with van der Waals surface area (Å²) < 4.78 is 46.0. The minimum atomic E-state index is -4.50. The number of likely N-dealkylation sites (N-methyl/N-ethyl adjacent to an activating group) is 1. The molecule has 0 heterocycles. The monoisotopic (exact) mass is 699 g/mol. The summed E-state index contributed by atoms with van der Waals surface area (Å²) in [5, 5.41) is 3.24. The Kier molecular flexibility index (Phi) is 12.0. The summed E-state index contributed by atoms with van der Waals surface area (Å²) in [5.74, 6) is -0.490. The molecule has 0 radical (unpaired) electrons. The van der Waals surface area contributed by atoms with E-state index < -0.39 is 34.4 Å². The van der Waals surface area contributed by atoms with Gasteiger partial charge in [-0.1, -0.05) is 71.7 Å². The lowest BCUT2D eigenvalue weighted by atomic mass is 10.0. The Hall–Kier alpha value is -4.45. The van der Waals surface area contributed by atoms with Gasteiger partial charge in [-0.25, -0.2) is 8.42 Å². The maximum Gasteiger partial charge on any atom is 0.265 e. The largest absolute Gasteiger partial charge is 0.495 e. The van der Waals surface area contributed by atoms with Gasteiger partial charge in [0.25, 0.3) is 10.0 Å². The number of rotatable bonds is 14. The van der Waals surface area contributed by atoms with Crippen molar-refractivity contribution in [2.75, 3.05) is 39.2 Å². The molecule has 4 aromatic carbocycles. The fourth-order valence-corrected chi connectivity index (χ4v) is 6.80. The van der Waals surface area contributed by atoms with Crippen LogP contribution in [-0.2, 0) is 32.6 Å². The van der Waals surface area contributed by atoms with Crippen molar-refractivity contribution < 1.29 is 32.2 Å². The summed E-state index contributed by atoms with van der Waals surface area (Å²) in [6.07, 6.45) is 0.152. The first-order valence-corrected chi connectivity index (χ1v) is 16.6. The third kappa shape index (κ3) is 8.29. The van der Waals surface area contributed by atoms with Gasteiger partial charge in [0.15, 0.2) is 11.5 Å². The second-order valence-corrected chi connectivity index (χ2v) is 13.0. The van der Waals surface area contributed by atoms with Crippen LogP contribution in [0.15, 0.2) is 95.9 Å². The Labute approximate surface area is 284 Å². The second-order valence-electron chi connectivity index (χ2n) is 10.3. The van der Waals surface area contributed by atoms with E-state index in [0.717, 1.165) is 9.87 Å². The van der Waals surface area contributed by atoms with Crippen molar-refractivity contribution in [1.82, 2.24) is 10.2 Å². The minimum Gasteiger partial charge on any atom is -0.495 e. The minimum absolute atomic E-state index is 0.0142. The topological polar surface area (TPSA) is 114 Å². The number of benzene rings is 4. The fourth-order valence-electron chi connectivity index (χ4n) is 5.01. The molecule has 0 aromatic heterocycles. The molecule has 0 bridgehead atoms. The van der Waals surface area contributed by atoms with Crippen molar-refractivity contribution in [2.45, 2.75) is 23.9 Å². The van der Waals surface area contributed by atoms with Crippen LogP contribution in [0, 0.1) is 0 Å². The zero-order chi connectivity index (χ0) is 34.1. The molecule has 0 saturated heterocycles. The van der Waals surface area contributed by atoms with E-state index in [4.69, 9.17) is 37.4 Å². The molecule has 10 nitrogen and oxygen atoms in total. The highest BCUT2D eigenvalue weighted by Gasteiger charge is 2.36. The number of anilines is 1. The zero-order valence-electron chi connectivity index (χ0n) is 26.3. The van der Waals surface area contributed by atoms with Crippen molar-refractivity contribution in [2.24, 2.45) is 0 Å². The molecule has 0 fully saturated rings. The van der Waals surface area contributed by atoms with E-state index in [0.29, 0.717) is 16.3 Å². The molecule has 0 aliphatic rings. The first kappa shape index (κ1) is 35.4. The van der Waals surface area contributed by atoms with Gasteiger partial charge in [-0.3, -0.25) is 13.9 Å². The lowest BCUT2D eigenvalue weighted by molar-refractivity contribution is -0.139. The standard InChI is InChI=1S/C34H35Cl2N3O7S/c1-37-34(41)29(18-23-10-6-5-7-11-23)38(21-24-12-8-9-13-27(24)36)33(40)22-39(28-19-25(35)14-16-30(28)44-2)47(42,43)26-15-17-31(45-3)32(20-26)46-4/h5-17,19-20,29H,18,21-22H2,1-4H3,(H,37,41). The molecular formula is C34H35Cl2N3O7S. The number of sulfonamides is 1. The van der Waals surface area contributed by atoms with Crippen LogP contribution < -0.4 is 23.8 Å². The molecule has 2 amide bonds. The van der Waals surface area contributed by atoms with E-state index in [-0.39, 0.29) is 40.1 Å². The summed E-state index contributed by atoms with van der Waals surface area (Å²) in [7, 11) is 1.17. The highest BCUT2D eigenvalue weighted by atomic mass is 35.5. The number of hydrogen-bond acceptors (Lipinski definition) is 7. The summed E-state index contributed by atoms with van der Waals surface area (Å²) in [6, 6.07) is 23.6. The lowest BCUT2D eigenvalue weighted by Crippen LogP contribution is -2.53. The number of hydrogen-bond donors (Lipinski definition) is 1. The molecule has 47 heavy (non-hydrogen) atoms. The van der Waals surface area contributed by atoms with Crippen molar-refractivity contribution in [3.05, 3.63) is 112 Å². The molecular weight excluding hydrogens is 665 g/mol. The summed E-state index contributed by atoms with van der Waals surface area (Å²) >= 11 is 12.9. The van der Waals surface area contributed by atoms with Gasteiger partial charge in [0.2, 0.25) is 11.8 Å². The molecule has 1 atom stereocenters. The van der Waals surface area contributed by atoms with Crippen LogP contribution in [-0.4, -0.2) is 66.1 Å².